The zero-order valence-corrected chi connectivity index (χ0v) is 14.6. The Morgan fingerprint density at radius 1 is 1.38 bits per heavy atom. The molecule has 6 heteroatoms. The van der Waals surface area contributed by atoms with Gasteiger partial charge in [-0.3, -0.25) is 4.90 Å². The average Bonchev–Trinajstić information content (AvgIpc) is 3.16. The van der Waals surface area contributed by atoms with E-state index in [2.05, 4.69) is 21.2 Å². The van der Waals surface area contributed by atoms with E-state index in [1.807, 2.05) is 37.6 Å². The maximum absolute atomic E-state index is 10.4. The van der Waals surface area contributed by atoms with E-state index in [0.29, 0.717) is 13.2 Å². The molecule has 6 nitrogen and oxygen atoms in total. The molecule has 3 rings (SSSR count). The lowest BCUT2D eigenvalue weighted by Gasteiger charge is -2.26. The first-order valence-corrected chi connectivity index (χ1v) is 8.50. The summed E-state index contributed by atoms with van der Waals surface area (Å²) in [5.41, 5.74) is 2.25. The van der Waals surface area contributed by atoms with E-state index in [4.69, 9.17) is 4.74 Å². The summed E-state index contributed by atoms with van der Waals surface area (Å²) in [4.78, 5) is 2.28. The molecule has 0 amide bonds. The van der Waals surface area contributed by atoms with E-state index < -0.39 is 6.10 Å². The number of aliphatic hydroxyl groups is 1. The number of ether oxygens (including phenoxy) is 1. The van der Waals surface area contributed by atoms with Crippen LogP contribution < -0.4 is 4.74 Å². The molecule has 0 bridgehead atoms. The second kappa shape index (κ2) is 7.32. The monoisotopic (exact) mass is 330 g/mol. The molecule has 0 saturated carbocycles. The Hall–Kier alpha value is -1.92. The molecule has 1 aromatic carbocycles. The summed E-state index contributed by atoms with van der Waals surface area (Å²) in [5, 5.41) is 18.6. The molecule has 1 N–H and O–H groups in total. The number of nitrogens with zero attached hydrogens (tertiary/aromatic N) is 4. The first kappa shape index (κ1) is 16.9. The first-order chi connectivity index (χ1) is 11.5. The number of β-amino-alcohol motifs (C(OH)–C–C–N with tert-alkyl or cyclic N) is 1. The number of benzene rings is 1. The molecule has 0 radical (unpaired) electrons. The number of hydrogen-bond donors (Lipinski definition) is 1. The van der Waals surface area contributed by atoms with Crippen LogP contribution in [0.2, 0.25) is 0 Å². The molecule has 1 saturated heterocycles. The normalized spacial score (nSPS) is 19.6. The maximum Gasteiger partial charge on any atom is 0.149 e. The van der Waals surface area contributed by atoms with Crippen molar-refractivity contribution in [1.82, 2.24) is 19.7 Å². The summed E-state index contributed by atoms with van der Waals surface area (Å²) >= 11 is 0. The Labute approximate surface area is 143 Å². The van der Waals surface area contributed by atoms with Gasteiger partial charge in [0.25, 0.3) is 0 Å². The molecule has 2 heterocycles. The van der Waals surface area contributed by atoms with E-state index in [0.717, 1.165) is 42.1 Å². The van der Waals surface area contributed by atoms with Crippen LogP contribution in [0, 0.1) is 13.8 Å². The summed E-state index contributed by atoms with van der Waals surface area (Å²) < 4.78 is 7.79. The van der Waals surface area contributed by atoms with Crippen LogP contribution in [0.1, 0.15) is 35.8 Å². The molecule has 1 aromatic heterocycles. The van der Waals surface area contributed by atoms with Crippen LogP contribution in [0.4, 0.5) is 0 Å². The average molecular weight is 330 g/mol. The Balaban J connectivity index is 1.57. The molecule has 1 aliphatic rings. The van der Waals surface area contributed by atoms with Gasteiger partial charge in [-0.05, 0) is 50.4 Å². The van der Waals surface area contributed by atoms with Crippen molar-refractivity contribution in [2.24, 2.45) is 7.05 Å². The van der Waals surface area contributed by atoms with Gasteiger partial charge in [0.1, 0.15) is 30.6 Å². The second-order valence-electron chi connectivity index (χ2n) is 6.69. The quantitative estimate of drug-likeness (QED) is 0.878. The van der Waals surface area contributed by atoms with Gasteiger partial charge in [-0.1, -0.05) is 12.1 Å². The van der Waals surface area contributed by atoms with Gasteiger partial charge in [0, 0.05) is 13.6 Å². The molecule has 0 spiro atoms. The standard InChI is InChI=1S/C18H26N4O2/c1-13-6-7-14(2)17(9-13)24-11-15(23)10-22-8-4-5-16(22)18-20-19-12-21(18)3/h6-7,9,12,15-16,23H,4-5,8,10-11H2,1-3H3. The third-order valence-corrected chi connectivity index (χ3v) is 4.63. The molecular formula is C18H26N4O2. The van der Waals surface area contributed by atoms with Gasteiger partial charge in [0.2, 0.25) is 0 Å². The van der Waals surface area contributed by atoms with Crippen molar-refractivity contribution in [3.8, 4) is 5.75 Å². The van der Waals surface area contributed by atoms with Crippen LogP contribution in [-0.2, 0) is 7.05 Å². The zero-order valence-electron chi connectivity index (χ0n) is 14.6. The highest BCUT2D eigenvalue weighted by Crippen LogP contribution is 2.30. The van der Waals surface area contributed by atoms with Crippen LogP contribution >= 0.6 is 0 Å². The fraction of sp³-hybridized carbons (Fsp3) is 0.556. The molecule has 2 atom stereocenters. The number of aromatic nitrogens is 3. The molecule has 1 fully saturated rings. The van der Waals surface area contributed by atoms with Crippen molar-refractivity contribution in [2.45, 2.75) is 38.8 Å². The molecule has 24 heavy (non-hydrogen) atoms. The van der Waals surface area contributed by atoms with Crippen LogP contribution in [0.3, 0.4) is 0 Å². The molecule has 130 valence electrons. The van der Waals surface area contributed by atoms with Crippen molar-refractivity contribution in [1.29, 1.82) is 0 Å². The van der Waals surface area contributed by atoms with Gasteiger partial charge in [-0.2, -0.15) is 0 Å². The fourth-order valence-corrected chi connectivity index (χ4v) is 3.30. The summed E-state index contributed by atoms with van der Waals surface area (Å²) in [7, 11) is 1.96. The Kier molecular flexibility index (Phi) is 5.16. The van der Waals surface area contributed by atoms with Crippen LogP contribution in [0.5, 0.6) is 5.75 Å². The molecular weight excluding hydrogens is 304 g/mol. The minimum absolute atomic E-state index is 0.229. The molecule has 0 aliphatic carbocycles. The van der Waals surface area contributed by atoms with Crippen LogP contribution in [-0.4, -0.2) is 50.6 Å². The van der Waals surface area contributed by atoms with Crippen molar-refractivity contribution in [3.63, 3.8) is 0 Å². The van der Waals surface area contributed by atoms with Gasteiger partial charge in [-0.15, -0.1) is 10.2 Å². The number of aryl methyl sites for hydroxylation is 3. The van der Waals surface area contributed by atoms with Gasteiger partial charge >= 0.3 is 0 Å². The van der Waals surface area contributed by atoms with Gasteiger partial charge < -0.3 is 14.4 Å². The summed E-state index contributed by atoms with van der Waals surface area (Å²) in [6.07, 6.45) is 3.36. The van der Waals surface area contributed by atoms with Gasteiger partial charge in [-0.25, -0.2) is 0 Å². The first-order valence-electron chi connectivity index (χ1n) is 8.50. The van der Waals surface area contributed by atoms with E-state index in [1.165, 1.54) is 0 Å². The van der Waals surface area contributed by atoms with E-state index in [-0.39, 0.29) is 6.04 Å². The fourth-order valence-electron chi connectivity index (χ4n) is 3.30. The minimum Gasteiger partial charge on any atom is -0.491 e. The van der Waals surface area contributed by atoms with Crippen molar-refractivity contribution >= 4 is 0 Å². The van der Waals surface area contributed by atoms with E-state index in [1.54, 1.807) is 6.33 Å². The minimum atomic E-state index is -0.529. The van der Waals surface area contributed by atoms with E-state index >= 15 is 0 Å². The lowest BCUT2D eigenvalue weighted by Crippen LogP contribution is -2.36. The highest BCUT2D eigenvalue weighted by Gasteiger charge is 2.30. The largest absolute Gasteiger partial charge is 0.491 e. The van der Waals surface area contributed by atoms with Gasteiger partial charge in [0.05, 0.1) is 6.04 Å². The number of aliphatic hydroxyl groups excluding tert-OH is 1. The number of rotatable bonds is 6. The van der Waals surface area contributed by atoms with Crippen LogP contribution in [0.15, 0.2) is 24.5 Å². The van der Waals surface area contributed by atoms with E-state index in [9.17, 15) is 5.11 Å². The molecule has 2 aromatic rings. The lowest BCUT2D eigenvalue weighted by atomic mass is 10.1. The third-order valence-electron chi connectivity index (χ3n) is 4.63. The van der Waals surface area contributed by atoms with Crippen LogP contribution in [0.25, 0.3) is 0 Å². The van der Waals surface area contributed by atoms with Crippen molar-refractivity contribution in [3.05, 3.63) is 41.5 Å². The van der Waals surface area contributed by atoms with Crippen molar-refractivity contribution < 1.29 is 9.84 Å². The predicted octanol–water partition coefficient (Wildman–Crippen LogP) is 2.01. The second-order valence-corrected chi connectivity index (χ2v) is 6.69. The lowest BCUT2D eigenvalue weighted by molar-refractivity contribution is 0.0620. The Morgan fingerprint density at radius 3 is 2.96 bits per heavy atom. The highest BCUT2D eigenvalue weighted by molar-refractivity contribution is 5.35. The van der Waals surface area contributed by atoms with Crippen molar-refractivity contribution in [2.75, 3.05) is 19.7 Å². The maximum atomic E-state index is 10.4. The topological polar surface area (TPSA) is 63.4 Å². The molecule has 2 unspecified atom stereocenters. The van der Waals surface area contributed by atoms with Gasteiger partial charge in [0.15, 0.2) is 0 Å². The summed E-state index contributed by atoms with van der Waals surface area (Å²) in [5.74, 6) is 1.82. The number of hydrogen-bond acceptors (Lipinski definition) is 5. The summed E-state index contributed by atoms with van der Waals surface area (Å²) in [6.45, 7) is 5.91. The zero-order chi connectivity index (χ0) is 17.1. The Bertz CT molecular complexity index is 685. The molecule has 1 aliphatic heterocycles. The predicted molar refractivity (Wildman–Crippen MR) is 92.0 cm³/mol. The third kappa shape index (κ3) is 3.76. The number of likely N-dealkylation sites (tertiary alicyclic amines) is 1. The SMILES string of the molecule is Cc1ccc(C)c(OCC(O)CN2CCCC2c2nncn2C)c1. The highest BCUT2D eigenvalue weighted by atomic mass is 16.5. The summed E-state index contributed by atoms with van der Waals surface area (Å²) in [6, 6.07) is 6.35. The smallest absolute Gasteiger partial charge is 0.149 e. The Morgan fingerprint density at radius 2 is 2.21 bits per heavy atom.